The topological polar surface area (TPSA) is 0 Å². The van der Waals surface area contributed by atoms with Crippen LogP contribution in [0.1, 0.15) is 0 Å². The molecule has 0 fully saturated rings. The van der Waals surface area contributed by atoms with Crippen molar-refractivity contribution in [1.29, 1.82) is 0 Å². The molecule has 0 unspecified atom stereocenters. The second kappa shape index (κ2) is 8.37. The first-order valence-electron chi connectivity index (χ1n) is 12.3. The van der Waals surface area contributed by atoms with Crippen LogP contribution in [0, 0.1) is 0 Å². The van der Waals surface area contributed by atoms with Gasteiger partial charge in [0, 0.05) is 0 Å². The van der Waals surface area contributed by atoms with E-state index in [1.165, 1.54) is 54.2 Å². The Morgan fingerprint density at radius 1 is 0.353 bits per heavy atom. The van der Waals surface area contributed by atoms with Gasteiger partial charge in [-0.3, -0.25) is 0 Å². The summed E-state index contributed by atoms with van der Waals surface area (Å²) in [4.78, 5) is 0. The molecule has 0 saturated heterocycles. The summed E-state index contributed by atoms with van der Waals surface area (Å²) in [6.07, 6.45) is 0. The summed E-state index contributed by atoms with van der Waals surface area (Å²) < 4.78 is 0. The molecule has 5 rings (SSSR count). The van der Waals surface area contributed by atoms with Crippen molar-refractivity contribution in [2.75, 3.05) is 0 Å². The lowest BCUT2D eigenvalue weighted by Gasteiger charge is -2.20. The highest BCUT2D eigenvalue weighted by Gasteiger charge is 2.20. The van der Waals surface area contributed by atoms with Crippen LogP contribution in [-0.4, -0.2) is 16.1 Å². The first kappa shape index (κ1) is 22.8. The zero-order valence-electron chi connectivity index (χ0n) is 21.2. The van der Waals surface area contributed by atoms with E-state index >= 15 is 0 Å². The molecule has 5 aromatic carbocycles. The van der Waals surface area contributed by atoms with Gasteiger partial charge in [0.15, 0.2) is 0 Å². The maximum Gasteiger partial charge on any atom is 0.0775 e. The highest BCUT2D eigenvalue weighted by Crippen LogP contribution is 2.43. The fraction of sp³-hybridized carbons (Fsp3) is 0.188. The summed E-state index contributed by atoms with van der Waals surface area (Å²) in [5.74, 6) is 0. The van der Waals surface area contributed by atoms with Crippen molar-refractivity contribution >= 4 is 48.1 Å². The van der Waals surface area contributed by atoms with Gasteiger partial charge < -0.3 is 0 Å². The van der Waals surface area contributed by atoms with E-state index in [0.29, 0.717) is 0 Å². The minimum atomic E-state index is -1.33. The Labute approximate surface area is 206 Å². The van der Waals surface area contributed by atoms with Crippen molar-refractivity contribution in [3.63, 3.8) is 0 Å². The molecule has 0 aromatic heterocycles. The summed E-state index contributed by atoms with van der Waals surface area (Å²) in [5, 5.41) is 8.31. The Morgan fingerprint density at radius 2 is 0.618 bits per heavy atom. The van der Waals surface area contributed by atoms with E-state index in [-0.39, 0.29) is 0 Å². The molecule has 0 aliphatic rings. The lowest BCUT2D eigenvalue weighted by atomic mass is 9.86. The molecule has 0 aliphatic carbocycles. The van der Waals surface area contributed by atoms with E-state index in [9.17, 15) is 0 Å². The normalized spacial score (nSPS) is 12.4. The highest BCUT2D eigenvalue weighted by molar-refractivity contribution is 6.89. The van der Waals surface area contributed by atoms with Gasteiger partial charge in [-0.1, -0.05) is 147 Å². The van der Waals surface area contributed by atoms with E-state index in [0.717, 1.165) is 0 Å². The van der Waals surface area contributed by atoms with Crippen LogP contribution < -0.4 is 10.4 Å². The van der Waals surface area contributed by atoms with Crippen molar-refractivity contribution < 1.29 is 0 Å². The molecule has 0 heterocycles. The van der Waals surface area contributed by atoms with Gasteiger partial charge in [-0.15, -0.1) is 0 Å². The Bertz CT molecular complexity index is 1310. The maximum atomic E-state index is 2.41. The third-order valence-corrected chi connectivity index (χ3v) is 11.1. The van der Waals surface area contributed by atoms with Crippen molar-refractivity contribution in [1.82, 2.24) is 0 Å². The van der Waals surface area contributed by atoms with Crippen LogP contribution in [0.15, 0.2) is 97.1 Å². The predicted octanol–water partition coefficient (Wildman–Crippen LogP) is 8.42. The smallest absolute Gasteiger partial charge is 0.0656 e. The van der Waals surface area contributed by atoms with Crippen molar-refractivity contribution in [3.8, 4) is 22.3 Å². The van der Waals surface area contributed by atoms with Gasteiger partial charge in [0.25, 0.3) is 0 Å². The molecule has 0 aliphatic heterocycles. The monoisotopic (exact) mass is 474 g/mol. The van der Waals surface area contributed by atoms with Crippen LogP contribution in [0.4, 0.5) is 0 Å². The zero-order valence-corrected chi connectivity index (χ0v) is 23.2. The van der Waals surface area contributed by atoms with Gasteiger partial charge in [0.05, 0.1) is 16.1 Å². The van der Waals surface area contributed by atoms with Crippen molar-refractivity contribution in [2.45, 2.75) is 39.3 Å². The molecule has 0 nitrogen and oxygen atoms in total. The number of rotatable bonds is 4. The van der Waals surface area contributed by atoms with E-state index in [2.05, 4.69) is 136 Å². The van der Waals surface area contributed by atoms with E-state index in [4.69, 9.17) is 0 Å². The van der Waals surface area contributed by atoms with Gasteiger partial charge in [0.1, 0.15) is 0 Å². The van der Waals surface area contributed by atoms with Gasteiger partial charge in [-0.05, 0) is 43.8 Å². The van der Waals surface area contributed by atoms with E-state index in [1.807, 2.05) is 0 Å². The Kier molecular flexibility index (Phi) is 5.62. The van der Waals surface area contributed by atoms with Gasteiger partial charge in [0.2, 0.25) is 0 Å². The summed E-state index contributed by atoms with van der Waals surface area (Å²) >= 11 is 0. The number of hydrogen-bond donors (Lipinski definition) is 0. The first-order valence-corrected chi connectivity index (χ1v) is 19.3. The number of benzene rings is 5. The lowest BCUT2D eigenvalue weighted by Crippen LogP contribution is -2.37. The first-order chi connectivity index (χ1) is 16.1. The minimum Gasteiger partial charge on any atom is -0.0656 e. The summed E-state index contributed by atoms with van der Waals surface area (Å²) in [5.41, 5.74) is 5.29. The molecule has 0 spiro atoms. The van der Waals surface area contributed by atoms with Crippen LogP contribution in [0.5, 0.6) is 0 Å². The molecule has 5 aromatic rings. The second-order valence-corrected chi connectivity index (χ2v) is 21.7. The molecule has 0 bridgehead atoms. The van der Waals surface area contributed by atoms with Gasteiger partial charge in [-0.25, -0.2) is 0 Å². The maximum absolute atomic E-state index is 2.41. The fourth-order valence-electron chi connectivity index (χ4n) is 5.02. The van der Waals surface area contributed by atoms with E-state index in [1.54, 1.807) is 0 Å². The second-order valence-electron chi connectivity index (χ2n) is 11.5. The lowest BCUT2D eigenvalue weighted by molar-refractivity contribution is 1.64. The quantitative estimate of drug-likeness (QED) is 0.181. The highest BCUT2D eigenvalue weighted by atomic mass is 28.3. The molecular formula is C32H34Si2. The van der Waals surface area contributed by atoms with Crippen LogP contribution in [0.3, 0.4) is 0 Å². The van der Waals surface area contributed by atoms with Gasteiger partial charge >= 0.3 is 0 Å². The van der Waals surface area contributed by atoms with Gasteiger partial charge in [-0.2, -0.15) is 0 Å². The third kappa shape index (κ3) is 4.06. The summed E-state index contributed by atoms with van der Waals surface area (Å²) in [6.45, 7) is 14.5. The predicted molar refractivity (Wildman–Crippen MR) is 158 cm³/mol. The molecule has 0 saturated carbocycles. The Morgan fingerprint density at radius 3 is 0.853 bits per heavy atom. The molecule has 0 N–H and O–H groups in total. The molecule has 2 heteroatoms. The Balaban J connectivity index is 1.81. The third-order valence-electron chi connectivity index (χ3n) is 7.01. The SMILES string of the molecule is C[Si](C)(C)c1ccc(-c2c3ccccc3c(-c3ccc([Si](C)(C)C)cc3)c3ccccc23)cc1. The molecule has 0 radical (unpaired) electrons. The van der Waals surface area contributed by atoms with Crippen molar-refractivity contribution in [2.24, 2.45) is 0 Å². The molecule has 0 amide bonds. The molecule has 34 heavy (non-hydrogen) atoms. The fourth-order valence-corrected chi connectivity index (χ4v) is 7.36. The van der Waals surface area contributed by atoms with Crippen molar-refractivity contribution in [3.05, 3.63) is 97.1 Å². The minimum absolute atomic E-state index is 1.30. The van der Waals surface area contributed by atoms with Crippen LogP contribution >= 0.6 is 0 Å². The molecule has 0 atom stereocenters. The average molecular weight is 475 g/mol. The average Bonchev–Trinajstić information content (AvgIpc) is 2.81. The molecule has 170 valence electrons. The Hall–Kier alpha value is -2.95. The van der Waals surface area contributed by atoms with Crippen LogP contribution in [-0.2, 0) is 0 Å². The van der Waals surface area contributed by atoms with E-state index < -0.39 is 16.1 Å². The van der Waals surface area contributed by atoms with Crippen LogP contribution in [0.25, 0.3) is 43.8 Å². The summed E-state index contributed by atoms with van der Waals surface area (Å²) in [7, 11) is -2.67. The number of fused-ring (bicyclic) bond motifs is 2. The molecular weight excluding hydrogens is 441 g/mol. The van der Waals surface area contributed by atoms with Crippen LogP contribution in [0.2, 0.25) is 39.3 Å². The zero-order chi connectivity index (χ0) is 24.1. The number of hydrogen-bond acceptors (Lipinski definition) is 0. The standard InChI is InChI=1S/C32H34Si2/c1-33(2,3)25-19-15-23(16-20-25)31-27-11-7-9-13-29(27)32(30-14-10-8-12-28(30)31)24-17-21-26(22-18-24)34(4,5)6/h7-22H,1-6H3. The largest absolute Gasteiger partial charge is 0.0775 e. The summed E-state index contributed by atoms with van der Waals surface area (Å²) in [6, 6.07) is 36.7.